The topological polar surface area (TPSA) is 17.1 Å². The van der Waals surface area contributed by atoms with Crippen molar-refractivity contribution in [3.63, 3.8) is 0 Å². The van der Waals surface area contributed by atoms with Gasteiger partial charge in [0, 0.05) is 5.92 Å². The van der Waals surface area contributed by atoms with Gasteiger partial charge in [0.05, 0.1) is 0 Å². The molecule has 1 aliphatic carbocycles. The van der Waals surface area contributed by atoms with Gasteiger partial charge >= 0.3 is 0 Å². The average molecular weight is 318 g/mol. The smallest absolute Gasteiger partial charge is 0.162 e. The van der Waals surface area contributed by atoms with Gasteiger partial charge in [0.25, 0.3) is 0 Å². The van der Waals surface area contributed by atoms with Crippen molar-refractivity contribution < 1.29 is 4.79 Å². The molecule has 1 aliphatic rings. The summed E-state index contributed by atoms with van der Waals surface area (Å²) in [5.74, 6) is 1.34. The molecule has 0 aromatic heterocycles. The molecule has 1 heteroatoms. The van der Waals surface area contributed by atoms with Crippen LogP contribution in [0.3, 0.4) is 0 Å². The third-order valence-corrected chi connectivity index (χ3v) is 5.21. The fourth-order valence-corrected chi connectivity index (χ4v) is 3.60. The molecule has 2 atom stereocenters. The molecule has 1 fully saturated rings. The van der Waals surface area contributed by atoms with Crippen molar-refractivity contribution in [2.75, 3.05) is 0 Å². The van der Waals surface area contributed by atoms with Gasteiger partial charge in [-0.15, -0.1) is 0 Å². The van der Waals surface area contributed by atoms with Crippen molar-refractivity contribution in [3.8, 4) is 11.1 Å². The van der Waals surface area contributed by atoms with E-state index in [0.717, 1.165) is 24.0 Å². The third kappa shape index (κ3) is 3.51. The third-order valence-electron chi connectivity index (χ3n) is 5.21. The van der Waals surface area contributed by atoms with Crippen molar-refractivity contribution >= 4 is 11.9 Å². The van der Waals surface area contributed by atoms with Crippen molar-refractivity contribution in [2.24, 2.45) is 17.8 Å². The predicted molar refractivity (Wildman–Crippen MR) is 102 cm³/mol. The van der Waals surface area contributed by atoms with E-state index in [0.29, 0.717) is 17.6 Å². The molecular formula is C23H26O. The van der Waals surface area contributed by atoms with Crippen LogP contribution in [0.5, 0.6) is 0 Å². The Bertz CT molecular complexity index is 722. The number of allylic oxidation sites excluding steroid dienone is 1. The van der Waals surface area contributed by atoms with Gasteiger partial charge in [-0.3, -0.25) is 4.79 Å². The van der Waals surface area contributed by atoms with Gasteiger partial charge in [0.15, 0.2) is 5.78 Å². The van der Waals surface area contributed by atoms with Crippen molar-refractivity contribution in [1.29, 1.82) is 0 Å². The number of Topliss-reactive ketones (excluding diaryl/α,β-unsaturated/α-hetero) is 1. The van der Waals surface area contributed by atoms with E-state index in [4.69, 9.17) is 0 Å². The first-order valence-corrected chi connectivity index (χ1v) is 8.97. The summed E-state index contributed by atoms with van der Waals surface area (Å²) in [4.78, 5) is 12.8. The highest BCUT2D eigenvalue weighted by atomic mass is 16.1. The number of rotatable bonds is 3. The van der Waals surface area contributed by atoms with Crippen LogP contribution in [0.1, 0.15) is 39.2 Å². The molecule has 1 saturated carbocycles. The first-order chi connectivity index (χ1) is 11.6. The lowest BCUT2D eigenvalue weighted by atomic mass is 9.73. The zero-order chi connectivity index (χ0) is 17.1. The van der Waals surface area contributed by atoms with Gasteiger partial charge in [0.2, 0.25) is 0 Å². The zero-order valence-electron chi connectivity index (χ0n) is 14.8. The Morgan fingerprint density at radius 2 is 1.54 bits per heavy atom. The molecule has 0 spiro atoms. The Hall–Kier alpha value is -2.15. The summed E-state index contributed by atoms with van der Waals surface area (Å²) in [6.07, 6.45) is 4.25. The van der Waals surface area contributed by atoms with E-state index in [-0.39, 0.29) is 5.92 Å². The highest BCUT2D eigenvalue weighted by Gasteiger charge is 2.32. The van der Waals surface area contributed by atoms with Gasteiger partial charge in [-0.2, -0.15) is 0 Å². The van der Waals surface area contributed by atoms with Gasteiger partial charge in [-0.05, 0) is 53.0 Å². The van der Waals surface area contributed by atoms with E-state index in [1.54, 1.807) is 0 Å². The molecule has 0 amide bonds. The second-order valence-electron chi connectivity index (χ2n) is 7.28. The van der Waals surface area contributed by atoms with Crippen LogP contribution < -0.4 is 0 Å². The molecule has 0 bridgehead atoms. The van der Waals surface area contributed by atoms with Crippen molar-refractivity contribution in [3.05, 3.63) is 65.7 Å². The van der Waals surface area contributed by atoms with E-state index in [1.807, 2.05) is 6.07 Å². The van der Waals surface area contributed by atoms with Gasteiger partial charge in [-0.25, -0.2) is 0 Å². The molecule has 0 unspecified atom stereocenters. The summed E-state index contributed by atoms with van der Waals surface area (Å²) in [6.45, 7) is 6.49. The maximum Gasteiger partial charge on any atom is 0.162 e. The highest BCUT2D eigenvalue weighted by Crippen LogP contribution is 2.35. The maximum atomic E-state index is 12.8. The quantitative estimate of drug-likeness (QED) is 0.633. The van der Waals surface area contributed by atoms with E-state index in [1.165, 1.54) is 11.1 Å². The number of benzene rings is 2. The number of ketones is 1. The lowest BCUT2D eigenvalue weighted by molar-refractivity contribution is -0.122. The van der Waals surface area contributed by atoms with Crippen LogP contribution in [0.4, 0.5) is 0 Å². The van der Waals surface area contributed by atoms with Crippen LogP contribution in [0.15, 0.2) is 60.2 Å². The second kappa shape index (κ2) is 7.17. The Labute approximate surface area is 145 Å². The van der Waals surface area contributed by atoms with Crippen LogP contribution in [-0.2, 0) is 4.79 Å². The summed E-state index contributed by atoms with van der Waals surface area (Å²) < 4.78 is 0. The molecule has 0 aliphatic heterocycles. The lowest BCUT2D eigenvalue weighted by Crippen LogP contribution is -2.30. The first kappa shape index (κ1) is 16.7. The van der Waals surface area contributed by atoms with Crippen molar-refractivity contribution in [2.45, 2.75) is 33.6 Å². The minimum atomic E-state index is 0.191. The van der Waals surface area contributed by atoms with Crippen LogP contribution in [0, 0.1) is 17.8 Å². The fraction of sp³-hybridized carbons (Fsp3) is 0.348. The van der Waals surface area contributed by atoms with Crippen LogP contribution >= 0.6 is 0 Å². The van der Waals surface area contributed by atoms with Crippen LogP contribution in [0.2, 0.25) is 0 Å². The van der Waals surface area contributed by atoms with E-state index >= 15 is 0 Å². The Morgan fingerprint density at radius 3 is 2.17 bits per heavy atom. The maximum absolute atomic E-state index is 12.8. The summed E-state index contributed by atoms with van der Waals surface area (Å²) >= 11 is 0. The molecule has 0 saturated heterocycles. The number of carbonyl (C=O) groups excluding carboxylic acids is 1. The molecule has 3 rings (SSSR count). The SMILES string of the molecule is CC(C)[C@@H]1CC[C@H](C)/C(=C/c2ccc(-c3ccccc3)cc2)C1=O. The molecule has 24 heavy (non-hydrogen) atoms. The summed E-state index contributed by atoms with van der Waals surface area (Å²) in [6, 6.07) is 18.9. The van der Waals surface area contributed by atoms with Crippen LogP contribution in [0.25, 0.3) is 17.2 Å². The number of carbonyl (C=O) groups is 1. The molecule has 2 aromatic carbocycles. The Balaban J connectivity index is 1.86. The molecule has 0 radical (unpaired) electrons. The first-order valence-electron chi connectivity index (χ1n) is 8.97. The average Bonchev–Trinajstić information content (AvgIpc) is 2.59. The Morgan fingerprint density at radius 1 is 0.917 bits per heavy atom. The molecule has 2 aromatic rings. The second-order valence-corrected chi connectivity index (χ2v) is 7.28. The minimum Gasteiger partial charge on any atom is -0.294 e. The molecule has 124 valence electrons. The highest BCUT2D eigenvalue weighted by molar-refractivity contribution is 6.02. The van der Waals surface area contributed by atoms with Crippen LogP contribution in [-0.4, -0.2) is 5.78 Å². The standard InChI is InChI=1S/C23H26O/c1-16(2)21-14-9-17(3)22(23(21)24)15-18-10-12-20(13-11-18)19-7-5-4-6-8-19/h4-8,10-13,15-17,21H,9,14H2,1-3H3/b22-15-/t17-,21-/m0/s1. The van der Waals surface area contributed by atoms with E-state index in [9.17, 15) is 4.79 Å². The predicted octanol–water partition coefficient (Wildman–Crippen LogP) is 6.01. The van der Waals surface area contributed by atoms with E-state index in [2.05, 4.69) is 75.4 Å². The lowest BCUT2D eigenvalue weighted by Gasteiger charge is -2.30. The summed E-state index contributed by atoms with van der Waals surface area (Å²) in [7, 11) is 0. The largest absolute Gasteiger partial charge is 0.294 e. The molecule has 1 nitrogen and oxygen atoms in total. The number of hydrogen-bond donors (Lipinski definition) is 0. The zero-order valence-corrected chi connectivity index (χ0v) is 14.8. The molecule has 0 heterocycles. The summed E-state index contributed by atoms with van der Waals surface area (Å²) in [5.41, 5.74) is 4.56. The van der Waals surface area contributed by atoms with E-state index < -0.39 is 0 Å². The normalized spacial score (nSPS) is 23.0. The van der Waals surface area contributed by atoms with Gasteiger partial charge in [-0.1, -0.05) is 75.4 Å². The number of hydrogen-bond acceptors (Lipinski definition) is 1. The Kier molecular flexibility index (Phi) is 4.99. The van der Waals surface area contributed by atoms with Gasteiger partial charge in [0.1, 0.15) is 0 Å². The minimum absolute atomic E-state index is 0.191. The molecular weight excluding hydrogens is 292 g/mol. The fourth-order valence-electron chi connectivity index (χ4n) is 3.60. The molecule has 0 N–H and O–H groups in total. The monoisotopic (exact) mass is 318 g/mol. The summed E-state index contributed by atoms with van der Waals surface area (Å²) in [5, 5.41) is 0. The van der Waals surface area contributed by atoms with Gasteiger partial charge < -0.3 is 0 Å². The van der Waals surface area contributed by atoms with Crippen molar-refractivity contribution in [1.82, 2.24) is 0 Å².